The SMILES string of the molecule is Cl.O=C(OCC(F)(F)F)N1CCCNc2ccccc21. The van der Waals surface area contributed by atoms with Gasteiger partial charge in [-0.25, -0.2) is 4.79 Å². The van der Waals surface area contributed by atoms with Gasteiger partial charge in [0.1, 0.15) is 0 Å². The maximum absolute atomic E-state index is 12.1. The highest BCUT2D eigenvalue weighted by Crippen LogP contribution is 2.28. The van der Waals surface area contributed by atoms with Crippen molar-refractivity contribution in [3.8, 4) is 0 Å². The molecule has 1 aliphatic heterocycles. The number of carbonyl (C=O) groups excluding carboxylic acids is 1. The zero-order valence-electron chi connectivity index (χ0n) is 10.4. The number of alkyl halides is 3. The summed E-state index contributed by atoms with van der Waals surface area (Å²) in [5, 5.41) is 3.11. The van der Waals surface area contributed by atoms with Crippen LogP contribution >= 0.6 is 12.4 Å². The van der Waals surface area contributed by atoms with Gasteiger partial charge >= 0.3 is 12.3 Å². The van der Waals surface area contributed by atoms with Gasteiger partial charge < -0.3 is 10.1 Å². The number of hydrogen-bond acceptors (Lipinski definition) is 3. The maximum Gasteiger partial charge on any atom is 0.422 e. The van der Waals surface area contributed by atoms with Crippen molar-refractivity contribution in [3.05, 3.63) is 24.3 Å². The van der Waals surface area contributed by atoms with E-state index >= 15 is 0 Å². The maximum atomic E-state index is 12.1. The molecule has 112 valence electrons. The molecule has 0 radical (unpaired) electrons. The van der Waals surface area contributed by atoms with Gasteiger partial charge in [-0.05, 0) is 18.6 Å². The Labute approximate surface area is 120 Å². The minimum Gasteiger partial charge on any atom is -0.439 e. The van der Waals surface area contributed by atoms with Crippen molar-refractivity contribution in [2.45, 2.75) is 12.6 Å². The summed E-state index contributed by atoms with van der Waals surface area (Å²) in [6.07, 6.45) is -4.86. The second kappa shape index (κ2) is 6.69. The molecule has 2 rings (SSSR count). The summed E-state index contributed by atoms with van der Waals surface area (Å²) in [7, 11) is 0. The molecule has 1 amide bonds. The lowest BCUT2D eigenvalue weighted by Crippen LogP contribution is -2.34. The first-order valence-electron chi connectivity index (χ1n) is 5.81. The number of fused-ring (bicyclic) bond motifs is 1. The summed E-state index contributed by atoms with van der Waals surface area (Å²) in [4.78, 5) is 13.0. The number of ether oxygens (including phenoxy) is 1. The Kier molecular flexibility index (Phi) is 5.50. The third-order valence-corrected chi connectivity index (χ3v) is 2.65. The molecule has 20 heavy (non-hydrogen) atoms. The smallest absolute Gasteiger partial charge is 0.422 e. The first-order chi connectivity index (χ1) is 8.97. The molecular formula is C12H14ClF3N2O2. The van der Waals surface area contributed by atoms with E-state index in [2.05, 4.69) is 10.1 Å². The van der Waals surface area contributed by atoms with E-state index in [0.29, 0.717) is 30.9 Å². The van der Waals surface area contributed by atoms with Crippen LogP contribution in [0.15, 0.2) is 24.3 Å². The molecule has 0 bridgehead atoms. The Bertz CT molecular complexity index is 468. The van der Waals surface area contributed by atoms with Crippen LogP contribution in [-0.4, -0.2) is 32.0 Å². The van der Waals surface area contributed by atoms with Crippen molar-refractivity contribution in [1.29, 1.82) is 0 Å². The molecule has 0 saturated carbocycles. The predicted molar refractivity (Wildman–Crippen MR) is 71.5 cm³/mol. The molecule has 1 aromatic rings. The molecule has 8 heteroatoms. The van der Waals surface area contributed by atoms with Gasteiger partial charge in [-0.2, -0.15) is 13.2 Å². The normalized spacial score (nSPS) is 14.4. The average molecular weight is 311 g/mol. The summed E-state index contributed by atoms with van der Waals surface area (Å²) in [5.74, 6) is 0. The summed E-state index contributed by atoms with van der Waals surface area (Å²) in [6, 6.07) is 6.94. The highest BCUT2D eigenvalue weighted by molar-refractivity contribution is 5.92. The van der Waals surface area contributed by atoms with Crippen molar-refractivity contribution in [2.75, 3.05) is 29.9 Å². The molecule has 1 aromatic carbocycles. The Morgan fingerprint density at radius 3 is 2.75 bits per heavy atom. The summed E-state index contributed by atoms with van der Waals surface area (Å²) >= 11 is 0. The van der Waals surface area contributed by atoms with E-state index in [9.17, 15) is 18.0 Å². The van der Waals surface area contributed by atoms with E-state index in [4.69, 9.17) is 0 Å². The van der Waals surface area contributed by atoms with E-state index in [1.54, 1.807) is 24.3 Å². The fraction of sp³-hybridized carbons (Fsp3) is 0.417. The fourth-order valence-electron chi connectivity index (χ4n) is 1.85. The van der Waals surface area contributed by atoms with Crippen molar-refractivity contribution in [3.63, 3.8) is 0 Å². The summed E-state index contributed by atoms with van der Waals surface area (Å²) in [6.45, 7) is -0.599. The van der Waals surface area contributed by atoms with Crippen LogP contribution in [0.4, 0.5) is 29.3 Å². The van der Waals surface area contributed by atoms with Crippen molar-refractivity contribution in [2.24, 2.45) is 0 Å². The monoisotopic (exact) mass is 310 g/mol. The molecule has 0 fully saturated rings. The highest BCUT2D eigenvalue weighted by atomic mass is 35.5. The number of halogens is 4. The van der Waals surface area contributed by atoms with E-state index < -0.39 is 18.9 Å². The van der Waals surface area contributed by atoms with Crippen LogP contribution < -0.4 is 10.2 Å². The molecule has 4 nitrogen and oxygen atoms in total. The number of nitrogens with one attached hydrogen (secondary N) is 1. The molecule has 0 unspecified atom stereocenters. The number of carbonyl (C=O) groups is 1. The van der Waals surface area contributed by atoms with Gasteiger partial charge in [-0.1, -0.05) is 12.1 Å². The van der Waals surface area contributed by atoms with Crippen LogP contribution in [0.5, 0.6) is 0 Å². The lowest BCUT2D eigenvalue weighted by Gasteiger charge is -2.22. The van der Waals surface area contributed by atoms with Crippen molar-refractivity contribution in [1.82, 2.24) is 0 Å². The van der Waals surface area contributed by atoms with Gasteiger partial charge in [-0.3, -0.25) is 4.90 Å². The van der Waals surface area contributed by atoms with E-state index in [-0.39, 0.29) is 12.4 Å². The van der Waals surface area contributed by atoms with Gasteiger partial charge in [0, 0.05) is 13.1 Å². The molecule has 0 saturated heterocycles. The largest absolute Gasteiger partial charge is 0.439 e. The lowest BCUT2D eigenvalue weighted by atomic mass is 10.2. The standard InChI is InChI=1S/C12H13F3N2O2.ClH/c13-12(14,15)8-19-11(18)17-7-3-6-16-9-4-1-2-5-10(9)17;/h1-2,4-5,16H,3,6-8H2;1H. The van der Waals surface area contributed by atoms with Crippen molar-refractivity contribution >= 4 is 29.9 Å². The molecule has 1 aliphatic rings. The zero-order valence-corrected chi connectivity index (χ0v) is 11.3. The third kappa shape index (κ3) is 4.19. The van der Waals surface area contributed by atoms with Gasteiger partial charge in [0.05, 0.1) is 11.4 Å². The van der Waals surface area contributed by atoms with Crippen LogP contribution in [0.2, 0.25) is 0 Å². The molecular weight excluding hydrogens is 297 g/mol. The lowest BCUT2D eigenvalue weighted by molar-refractivity contribution is -0.159. The van der Waals surface area contributed by atoms with E-state index in [1.165, 1.54) is 4.90 Å². The predicted octanol–water partition coefficient (Wildman–Crippen LogP) is 3.43. The van der Waals surface area contributed by atoms with Crippen LogP contribution in [-0.2, 0) is 4.74 Å². The number of amides is 1. The van der Waals surface area contributed by atoms with E-state index in [1.807, 2.05) is 0 Å². The second-order valence-corrected chi connectivity index (χ2v) is 4.12. The first kappa shape index (κ1) is 16.4. The van der Waals surface area contributed by atoms with E-state index in [0.717, 1.165) is 0 Å². The average Bonchev–Trinajstić information content (AvgIpc) is 2.57. The van der Waals surface area contributed by atoms with Gasteiger partial charge in [-0.15, -0.1) is 12.4 Å². The van der Waals surface area contributed by atoms with Gasteiger partial charge in [0.15, 0.2) is 6.61 Å². The van der Waals surface area contributed by atoms with Crippen LogP contribution in [0, 0.1) is 0 Å². The Morgan fingerprint density at radius 2 is 2.05 bits per heavy atom. The summed E-state index contributed by atoms with van der Waals surface area (Å²) in [5.41, 5.74) is 1.25. The number of benzene rings is 1. The molecule has 0 spiro atoms. The minimum atomic E-state index is -4.51. The van der Waals surface area contributed by atoms with Gasteiger partial charge in [0.25, 0.3) is 0 Å². The summed E-state index contributed by atoms with van der Waals surface area (Å²) < 4.78 is 40.4. The highest BCUT2D eigenvalue weighted by Gasteiger charge is 2.31. The van der Waals surface area contributed by atoms with Crippen LogP contribution in [0.25, 0.3) is 0 Å². The first-order valence-corrected chi connectivity index (χ1v) is 5.81. The molecule has 0 aromatic heterocycles. The number of hydrogen-bond donors (Lipinski definition) is 1. The second-order valence-electron chi connectivity index (χ2n) is 4.12. The quantitative estimate of drug-likeness (QED) is 0.864. The molecule has 0 aliphatic carbocycles. The number of rotatable bonds is 1. The number of nitrogens with zero attached hydrogens (tertiary/aromatic N) is 1. The Morgan fingerprint density at radius 1 is 1.35 bits per heavy atom. The fourth-order valence-corrected chi connectivity index (χ4v) is 1.85. The Hall–Kier alpha value is -1.63. The number of anilines is 2. The number of para-hydroxylation sites is 2. The Balaban J connectivity index is 0.00000200. The third-order valence-electron chi connectivity index (χ3n) is 2.65. The zero-order chi connectivity index (χ0) is 13.9. The molecule has 1 N–H and O–H groups in total. The molecule has 1 heterocycles. The van der Waals surface area contributed by atoms with Gasteiger partial charge in [0.2, 0.25) is 0 Å². The van der Waals surface area contributed by atoms with Crippen LogP contribution in [0.3, 0.4) is 0 Å². The van der Waals surface area contributed by atoms with Crippen LogP contribution in [0.1, 0.15) is 6.42 Å². The molecule has 0 atom stereocenters. The van der Waals surface area contributed by atoms with Crippen molar-refractivity contribution < 1.29 is 22.7 Å². The topological polar surface area (TPSA) is 41.6 Å². The minimum absolute atomic E-state index is 0.